The first-order valence-electron chi connectivity index (χ1n) is 10.1. The molecule has 0 aliphatic rings. The Morgan fingerprint density at radius 3 is 1.94 bits per heavy atom. The van der Waals surface area contributed by atoms with Gasteiger partial charge >= 0.3 is 12.4 Å². The van der Waals surface area contributed by atoms with Gasteiger partial charge in [0.1, 0.15) is 0 Å². The van der Waals surface area contributed by atoms with E-state index in [0.29, 0.717) is 23.5 Å². The first-order valence-corrected chi connectivity index (χ1v) is 11.1. The van der Waals surface area contributed by atoms with Crippen molar-refractivity contribution in [2.24, 2.45) is 0 Å². The minimum Gasteiger partial charge on any atom is -0.335 e. The summed E-state index contributed by atoms with van der Waals surface area (Å²) in [5, 5.41) is 10.1. The van der Waals surface area contributed by atoms with Gasteiger partial charge in [-0.15, -0.1) is 10.2 Å². The molecule has 3 rings (SSSR count). The number of nitrogens with zero attached hydrogens (tertiary/aromatic N) is 3. The summed E-state index contributed by atoms with van der Waals surface area (Å²) >= 11 is 0.825. The molecule has 35 heavy (non-hydrogen) atoms. The number of carbonyl (C=O) groups excluding carboxylic acids is 1. The molecule has 0 bridgehead atoms. The molecule has 1 aromatic heterocycles. The van der Waals surface area contributed by atoms with Gasteiger partial charge in [-0.3, -0.25) is 4.79 Å². The van der Waals surface area contributed by atoms with Crippen molar-refractivity contribution in [3.63, 3.8) is 0 Å². The minimum atomic E-state index is -5.02. The lowest BCUT2D eigenvalue weighted by Crippen LogP contribution is -2.18. The van der Waals surface area contributed by atoms with E-state index in [1.807, 2.05) is 24.3 Å². The molecule has 3 N–H and O–H groups in total. The summed E-state index contributed by atoms with van der Waals surface area (Å²) in [6.45, 7) is 6.20. The zero-order valence-corrected chi connectivity index (χ0v) is 19.6. The Hall–Kier alpha value is -3.22. The van der Waals surface area contributed by atoms with Gasteiger partial charge in [0.15, 0.2) is 5.82 Å². The van der Waals surface area contributed by atoms with E-state index in [9.17, 15) is 31.1 Å². The summed E-state index contributed by atoms with van der Waals surface area (Å²) in [6, 6.07) is 8.34. The number of nitrogens with one attached hydrogen (secondary N) is 1. The van der Waals surface area contributed by atoms with Crippen LogP contribution < -0.4 is 11.2 Å². The molecule has 0 saturated heterocycles. The van der Waals surface area contributed by atoms with E-state index in [1.165, 1.54) is 0 Å². The third-order valence-corrected chi connectivity index (χ3v) is 5.82. The lowest BCUT2D eigenvalue weighted by molar-refractivity contribution is -0.143. The summed E-state index contributed by atoms with van der Waals surface area (Å²) in [6.07, 6.45) is -10.0. The fourth-order valence-corrected chi connectivity index (χ4v) is 3.70. The number of halogens is 6. The summed E-state index contributed by atoms with van der Waals surface area (Å²) in [4.78, 5) is 12.2. The second-order valence-electron chi connectivity index (χ2n) is 8.63. The molecular formula is C22H21F6N5OS. The number of hydrogen-bond donors (Lipinski definition) is 2. The monoisotopic (exact) mass is 517 g/mol. The lowest BCUT2D eigenvalue weighted by Gasteiger charge is -2.19. The van der Waals surface area contributed by atoms with Crippen LogP contribution in [0, 0.1) is 0 Å². The van der Waals surface area contributed by atoms with Gasteiger partial charge in [-0.05, 0) is 29.2 Å². The van der Waals surface area contributed by atoms with Crippen molar-refractivity contribution in [3.05, 3.63) is 59.2 Å². The predicted octanol–water partition coefficient (Wildman–Crippen LogP) is 5.72. The zero-order chi connectivity index (χ0) is 26.2. The van der Waals surface area contributed by atoms with Crippen LogP contribution in [0.4, 0.5) is 32.0 Å². The number of benzene rings is 2. The highest BCUT2D eigenvalue weighted by atomic mass is 32.2. The van der Waals surface area contributed by atoms with Crippen LogP contribution in [0.1, 0.15) is 37.5 Å². The molecule has 6 nitrogen and oxygen atoms in total. The number of rotatable bonds is 5. The molecule has 0 saturated carbocycles. The van der Waals surface area contributed by atoms with Gasteiger partial charge in [-0.1, -0.05) is 56.8 Å². The molecule has 0 aliphatic carbocycles. The summed E-state index contributed by atoms with van der Waals surface area (Å²) in [5.41, 5.74) is -1.97. The number of alkyl halides is 6. The van der Waals surface area contributed by atoms with Gasteiger partial charge in [0.25, 0.3) is 0 Å². The third kappa shape index (κ3) is 6.47. The molecule has 0 fully saturated rings. The fourth-order valence-electron chi connectivity index (χ4n) is 3.05. The van der Waals surface area contributed by atoms with E-state index in [1.54, 1.807) is 0 Å². The van der Waals surface area contributed by atoms with Crippen molar-refractivity contribution in [1.82, 2.24) is 14.9 Å². The molecule has 3 aromatic rings. The van der Waals surface area contributed by atoms with Crippen molar-refractivity contribution in [2.75, 3.05) is 16.9 Å². The molecule has 0 atom stereocenters. The molecule has 1 heterocycles. The largest absolute Gasteiger partial charge is 0.416 e. The lowest BCUT2D eigenvalue weighted by atomic mass is 9.87. The van der Waals surface area contributed by atoms with Gasteiger partial charge in [-0.25, -0.2) is 4.68 Å². The molecule has 0 radical (unpaired) electrons. The number of aromatic nitrogens is 3. The Morgan fingerprint density at radius 1 is 0.914 bits per heavy atom. The number of anilines is 1. The van der Waals surface area contributed by atoms with E-state index < -0.39 is 35.1 Å². The Balaban J connectivity index is 1.72. The minimum absolute atomic E-state index is 0.0170. The van der Waals surface area contributed by atoms with E-state index in [2.05, 4.69) is 36.3 Å². The SMILES string of the molecule is CC(C)(C)c1ccc(-c2nnc(SCC(=O)Nc3cc(C(F)(F)F)cc(C(F)(F)F)c3)n2N)cc1. The average Bonchev–Trinajstić information content (AvgIpc) is 3.10. The smallest absolute Gasteiger partial charge is 0.335 e. The normalized spacial score (nSPS) is 12.6. The van der Waals surface area contributed by atoms with Gasteiger partial charge < -0.3 is 11.2 Å². The molecule has 13 heteroatoms. The topological polar surface area (TPSA) is 85.8 Å². The van der Waals surface area contributed by atoms with Crippen LogP contribution >= 0.6 is 11.8 Å². The van der Waals surface area contributed by atoms with Gasteiger partial charge in [0.05, 0.1) is 16.9 Å². The van der Waals surface area contributed by atoms with E-state index >= 15 is 0 Å². The Morgan fingerprint density at radius 2 is 1.46 bits per heavy atom. The zero-order valence-electron chi connectivity index (χ0n) is 18.8. The number of carbonyl (C=O) groups is 1. The summed E-state index contributed by atoms with van der Waals surface area (Å²) in [7, 11) is 0. The van der Waals surface area contributed by atoms with Crippen LogP contribution in [0.5, 0.6) is 0 Å². The number of nitrogen functional groups attached to an aromatic ring is 1. The van der Waals surface area contributed by atoms with Crippen LogP contribution in [0.2, 0.25) is 0 Å². The summed E-state index contributed by atoms with van der Waals surface area (Å²) in [5.74, 6) is 5.12. The van der Waals surface area contributed by atoms with E-state index in [4.69, 9.17) is 5.84 Å². The number of amides is 1. The maximum atomic E-state index is 13.0. The van der Waals surface area contributed by atoms with Crippen molar-refractivity contribution >= 4 is 23.4 Å². The van der Waals surface area contributed by atoms with Crippen LogP contribution in [-0.2, 0) is 22.6 Å². The fraction of sp³-hybridized carbons (Fsp3) is 0.318. The molecule has 188 valence electrons. The summed E-state index contributed by atoms with van der Waals surface area (Å²) < 4.78 is 79.1. The molecule has 0 unspecified atom stereocenters. The number of nitrogens with two attached hydrogens (primary N) is 1. The highest BCUT2D eigenvalue weighted by Gasteiger charge is 2.37. The van der Waals surface area contributed by atoms with Crippen molar-refractivity contribution < 1.29 is 31.1 Å². The van der Waals surface area contributed by atoms with Gasteiger partial charge in [0, 0.05) is 11.3 Å². The number of hydrogen-bond acceptors (Lipinski definition) is 5. The molecule has 1 amide bonds. The highest BCUT2D eigenvalue weighted by molar-refractivity contribution is 7.99. The average molecular weight is 517 g/mol. The van der Waals surface area contributed by atoms with Crippen LogP contribution in [0.15, 0.2) is 47.6 Å². The maximum Gasteiger partial charge on any atom is 0.416 e. The quantitative estimate of drug-likeness (QED) is 0.257. The molecular weight excluding hydrogens is 496 g/mol. The Kier molecular flexibility index (Phi) is 7.12. The predicted molar refractivity (Wildman–Crippen MR) is 120 cm³/mol. The van der Waals surface area contributed by atoms with Crippen molar-refractivity contribution in [3.8, 4) is 11.4 Å². The van der Waals surface area contributed by atoms with Crippen LogP contribution in [0.3, 0.4) is 0 Å². The van der Waals surface area contributed by atoms with Crippen LogP contribution in [-0.4, -0.2) is 26.5 Å². The first-order chi connectivity index (χ1) is 16.1. The van der Waals surface area contributed by atoms with Crippen molar-refractivity contribution in [1.29, 1.82) is 0 Å². The first kappa shape index (κ1) is 26.4. The maximum absolute atomic E-state index is 13.0. The number of thioether (sulfide) groups is 1. The highest BCUT2D eigenvalue weighted by Crippen LogP contribution is 2.37. The second kappa shape index (κ2) is 9.44. The Bertz CT molecular complexity index is 1180. The van der Waals surface area contributed by atoms with Gasteiger partial charge in [-0.2, -0.15) is 26.3 Å². The molecule has 0 aliphatic heterocycles. The second-order valence-corrected chi connectivity index (χ2v) is 9.58. The Labute approximate surface area is 200 Å². The van der Waals surface area contributed by atoms with E-state index in [-0.39, 0.29) is 22.4 Å². The third-order valence-electron chi connectivity index (χ3n) is 4.88. The van der Waals surface area contributed by atoms with Crippen LogP contribution in [0.25, 0.3) is 11.4 Å². The van der Waals surface area contributed by atoms with E-state index in [0.717, 1.165) is 22.0 Å². The molecule has 0 spiro atoms. The van der Waals surface area contributed by atoms with Gasteiger partial charge in [0.2, 0.25) is 11.1 Å². The van der Waals surface area contributed by atoms with Crippen molar-refractivity contribution in [2.45, 2.75) is 43.7 Å². The standard InChI is InChI=1S/C22H21F6N5OS/c1-20(2,3)13-6-4-12(5-7-13)18-31-32-19(33(18)29)35-11-17(34)30-16-9-14(21(23,24)25)8-15(10-16)22(26,27)28/h4-10H,11,29H2,1-3H3,(H,30,34). The molecule has 2 aromatic carbocycles.